The first-order chi connectivity index (χ1) is 10.6. The molecule has 0 radical (unpaired) electrons. The van der Waals surface area contributed by atoms with Gasteiger partial charge in [0.2, 0.25) is 5.79 Å². The molecular weight excluding hydrogens is 288 g/mol. The number of rotatable bonds is 3. The summed E-state index contributed by atoms with van der Waals surface area (Å²) in [5.41, 5.74) is 0. The fourth-order valence-corrected chi connectivity index (χ4v) is 3.31. The van der Waals surface area contributed by atoms with Gasteiger partial charge in [0.25, 0.3) is 0 Å². The SMILES string of the molecule is CO[C@@]1(/C=C\[C@@H]2OCCC[C@H]2O)O[C@H]2CCCO[C@@H]2CC1=O. The molecule has 0 aromatic heterocycles. The highest BCUT2D eigenvalue weighted by molar-refractivity contribution is 5.89. The monoisotopic (exact) mass is 312 g/mol. The van der Waals surface area contributed by atoms with Crippen LogP contribution in [0.2, 0.25) is 0 Å². The highest BCUT2D eigenvalue weighted by atomic mass is 16.7. The van der Waals surface area contributed by atoms with E-state index in [1.54, 1.807) is 12.2 Å². The zero-order chi connectivity index (χ0) is 15.6. The Balaban J connectivity index is 1.74. The van der Waals surface area contributed by atoms with Crippen molar-refractivity contribution in [2.45, 2.75) is 62.3 Å². The number of ether oxygens (including phenoxy) is 4. The van der Waals surface area contributed by atoms with Crippen molar-refractivity contribution in [1.82, 2.24) is 0 Å². The molecule has 0 amide bonds. The van der Waals surface area contributed by atoms with Gasteiger partial charge in [0.1, 0.15) is 6.10 Å². The number of carbonyl (C=O) groups excluding carboxylic acids is 1. The van der Waals surface area contributed by atoms with E-state index in [-0.39, 0.29) is 24.4 Å². The zero-order valence-electron chi connectivity index (χ0n) is 12.9. The number of methoxy groups -OCH3 is 1. The molecule has 3 aliphatic rings. The molecule has 0 spiro atoms. The quantitative estimate of drug-likeness (QED) is 0.783. The van der Waals surface area contributed by atoms with Crippen LogP contribution in [0.25, 0.3) is 0 Å². The minimum atomic E-state index is -1.39. The maximum absolute atomic E-state index is 12.5. The molecule has 0 unspecified atom stereocenters. The molecule has 0 saturated carbocycles. The van der Waals surface area contributed by atoms with Gasteiger partial charge in [0.05, 0.1) is 18.3 Å². The predicted octanol–water partition coefficient (Wildman–Crippen LogP) is 0.962. The van der Waals surface area contributed by atoms with E-state index in [1.165, 1.54) is 7.11 Å². The number of Topliss-reactive ketones (excluding diaryl/α,β-unsaturated/α-hetero) is 1. The molecule has 0 aromatic carbocycles. The van der Waals surface area contributed by atoms with Crippen LogP contribution in [0.3, 0.4) is 0 Å². The Labute approximate surface area is 130 Å². The van der Waals surface area contributed by atoms with Gasteiger partial charge < -0.3 is 24.1 Å². The van der Waals surface area contributed by atoms with Gasteiger partial charge in [-0.2, -0.15) is 0 Å². The number of hydrogen-bond acceptors (Lipinski definition) is 6. The Hall–Kier alpha value is -0.790. The van der Waals surface area contributed by atoms with Crippen LogP contribution in [0.1, 0.15) is 32.1 Å². The van der Waals surface area contributed by atoms with E-state index in [2.05, 4.69) is 0 Å². The first kappa shape index (κ1) is 16.1. The van der Waals surface area contributed by atoms with Crippen LogP contribution in [0.5, 0.6) is 0 Å². The van der Waals surface area contributed by atoms with Gasteiger partial charge >= 0.3 is 0 Å². The van der Waals surface area contributed by atoms with Crippen molar-refractivity contribution in [1.29, 1.82) is 0 Å². The summed E-state index contributed by atoms with van der Waals surface area (Å²) in [5.74, 6) is -1.54. The molecule has 5 atom stereocenters. The first-order valence-corrected chi connectivity index (χ1v) is 8.01. The molecule has 3 heterocycles. The molecule has 0 aliphatic carbocycles. The predicted molar refractivity (Wildman–Crippen MR) is 77.3 cm³/mol. The van der Waals surface area contributed by atoms with Crippen LogP contribution in [-0.2, 0) is 23.7 Å². The highest BCUT2D eigenvalue weighted by Gasteiger charge is 2.48. The molecular formula is C16H24O6. The van der Waals surface area contributed by atoms with Gasteiger partial charge in [-0.1, -0.05) is 6.08 Å². The molecule has 0 aromatic rings. The summed E-state index contributed by atoms with van der Waals surface area (Å²) in [6.45, 7) is 1.29. The van der Waals surface area contributed by atoms with E-state index in [0.29, 0.717) is 19.6 Å². The van der Waals surface area contributed by atoms with Crippen LogP contribution < -0.4 is 0 Å². The molecule has 6 nitrogen and oxygen atoms in total. The molecule has 22 heavy (non-hydrogen) atoms. The number of aliphatic hydroxyl groups is 1. The Kier molecular flexibility index (Phi) is 4.94. The van der Waals surface area contributed by atoms with Crippen molar-refractivity contribution in [3.63, 3.8) is 0 Å². The third-order valence-electron chi connectivity index (χ3n) is 4.62. The molecule has 3 saturated heterocycles. The lowest BCUT2D eigenvalue weighted by molar-refractivity contribution is -0.258. The summed E-state index contributed by atoms with van der Waals surface area (Å²) in [4.78, 5) is 12.5. The van der Waals surface area contributed by atoms with Crippen molar-refractivity contribution in [3.05, 3.63) is 12.2 Å². The molecule has 6 heteroatoms. The second-order valence-corrected chi connectivity index (χ2v) is 6.11. The van der Waals surface area contributed by atoms with Crippen LogP contribution in [-0.4, -0.2) is 61.4 Å². The average Bonchev–Trinajstić information content (AvgIpc) is 2.54. The second kappa shape index (κ2) is 6.76. The topological polar surface area (TPSA) is 74.2 Å². The van der Waals surface area contributed by atoms with Crippen molar-refractivity contribution >= 4 is 5.78 Å². The van der Waals surface area contributed by atoms with Gasteiger partial charge in [-0.15, -0.1) is 0 Å². The lowest BCUT2D eigenvalue weighted by Gasteiger charge is -2.43. The average molecular weight is 312 g/mol. The zero-order valence-corrected chi connectivity index (χ0v) is 12.9. The Morgan fingerprint density at radius 1 is 1.23 bits per heavy atom. The van der Waals surface area contributed by atoms with Crippen molar-refractivity contribution < 1.29 is 28.8 Å². The summed E-state index contributed by atoms with van der Waals surface area (Å²) in [5, 5.41) is 9.95. The van der Waals surface area contributed by atoms with Gasteiger partial charge in [-0.3, -0.25) is 4.79 Å². The fourth-order valence-electron chi connectivity index (χ4n) is 3.31. The summed E-state index contributed by atoms with van der Waals surface area (Å²) < 4.78 is 22.5. The third-order valence-corrected chi connectivity index (χ3v) is 4.62. The standard InChI is InChI=1S/C16H24O6/c1-19-16(7-6-12-11(17)4-2-8-20-12)15(18)10-14-13(22-16)5-3-9-21-14/h6-7,11-14,17H,2-5,8-10H2,1H3/b7-6-/t11-,12+,13+,14-,16+/m1/s1. The summed E-state index contributed by atoms with van der Waals surface area (Å²) >= 11 is 0. The number of aliphatic hydroxyl groups excluding tert-OH is 1. The summed E-state index contributed by atoms with van der Waals surface area (Å²) in [6.07, 6.45) is 5.62. The number of fused-ring (bicyclic) bond motifs is 1. The maximum atomic E-state index is 12.5. The smallest absolute Gasteiger partial charge is 0.249 e. The van der Waals surface area contributed by atoms with E-state index in [9.17, 15) is 9.90 Å². The van der Waals surface area contributed by atoms with Crippen molar-refractivity contribution in [2.75, 3.05) is 20.3 Å². The van der Waals surface area contributed by atoms with Gasteiger partial charge in [-0.05, 0) is 31.8 Å². The minimum Gasteiger partial charge on any atom is -0.390 e. The molecule has 3 aliphatic heterocycles. The van der Waals surface area contributed by atoms with Gasteiger partial charge in [0.15, 0.2) is 5.78 Å². The Morgan fingerprint density at radius 2 is 2.00 bits per heavy atom. The molecule has 124 valence electrons. The van der Waals surface area contributed by atoms with E-state index in [1.807, 2.05) is 0 Å². The van der Waals surface area contributed by atoms with Gasteiger partial charge in [-0.25, -0.2) is 0 Å². The third kappa shape index (κ3) is 3.12. The van der Waals surface area contributed by atoms with E-state index in [0.717, 1.165) is 19.3 Å². The first-order valence-electron chi connectivity index (χ1n) is 8.01. The Bertz CT molecular complexity index is 436. The summed E-state index contributed by atoms with van der Waals surface area (Å²) in [6, 6.07) is 0. The van der Waals surface area contributed by atoms with E-state index < -0.39 is 18.0 Å². The van der Waals surface area contributed by atoms with Gasteiger partial charge in [0, 0.05) is 26.7 Å². The van der Waals surface area contributed by atoms with Crippen LogP contribution >= 0.6 is 0 Å². The van der Waals surface area contributed by atoms with Crippen LogP contribution in [0.15, 0.2) is 12.2 Å². The normalized spacial score (nSPS) is 43.3. The summed E-state index contributed by atoms with van der Waals surface area (Å²) in [7, 11) is 1.46. The van der Waals surface area contributed by atoms with E-state index in [4.69, 9.17) is 18.9 Å². The molecule has 0 bridgehead atoms. The van der Waals surface area contributed by atoms with Crippen molar-refractivity contribution in [2.24, 2.45) is 0 Å². The van der Waals surface area contributed by atoms with Crippen LogP contribution in [0, 0.1) is 0 Å². The lowest BCUT2D eigenvalue weighted by atomic mass is 9.92. The number of carbonyl (C=O) groups is 1. The molecule has 1 N–H and O–H groups in total. The highest BCUT2D eigenvalue weighted by Crippen LogP contribution is 2.34. The number of hydrogen-bond donors (Lipinski definition) is 1. The second-order valence-electron chi connectivity index (χ2n) is 6.11. The fraction of sp³-hybridized carbons (Fsp3) is 0.812. The van der Waals surface area contributed by atoms with Crippen molar-refractivity contribution in [3.8, 4) is 0 Å². The maximum Gasteiger partial charge on any atom is 0.249 e. The van der Waals surface area contributed by atoms with E-state index >= 15 is 0 Å². The lowest BCUT2D eigenvalue weighted by Crippen LogP contribution is -2.56. The molecule has 3 fully saturated rings. The van der Waals surface area contributed by atoms with Crippen LogP contribution in [0.4, 0.5) is 0 Å². The number of ketones is 1. The largest absolute Gasteiger partial charge is 0.390 e. The molecule has 3 rings (SSSR count). The minimum absolute atomic E-state index is 0.131. The Morgan fingerprint density at radius 3 is 2.77 bits per heavy atom.